The normalized spacial score (nSPS) is 9.75. The van der Waals surface area contributed by atoms with Gasteiger partial charge in [0.1, 0.15) is 0 Å². The highest BCUT2D eigenvalue weighted by Gasteiger charge is 2.16. The van der Waals surface area contributed by atoms with Crippen LogP contribution in [0.4, 0.5) is 0 Å². The van der Waals surface area contributed by atoms with Gasteiger partial charge in [0.2, 0.25) is 5.91 Å². The molecule has 0 aliphatic rings. The van der Waals surface area contributed by atoms with Gasteiger partial charge in [0, 0.05) is 20.3 Å². The van der Waals surface area contributed by atoms with Crippen molar-refractivity contribution >= 4 is 17.8 Å². The first-order valence-electron chi connectivity index (χ1n) is 5.84. The highest BCUT2D eigenvalue weighted by Crippen LogP contribution is 1.98. The SMILES string of the molecule is CNC(=O)CN(C)C(=O)COC(=O)c1cnc(C)cn1. The van der Waals surface area contributed by atoms with E-state index in [0.717, 1.165) is 4.90 Å². The van der Waals surface area contributed by atoms with Crippen LogP contribution in [0.1, 0.15) is 16.2 Å². The van der Waals surface area contributed by atoms with E-state index < -0.39 is 18.5 Å². The fourth-order valence-electron chi connectivity index (χ4n) is 1.19. The molecule has 0 aromatic carbocycles. The summed E-state index contributed by atoms with van der Waals surface area (Å²) in [4.78, 5) is 43.2. The summed E-state index contributed by atoms with van der Waals surface area (Å²) in [5.74, 6) is -1.53. The van der Waals surface area contributed by atoms with Crippen LogP contribution in [-0.2, 0) is 14.3 Å². The van der Waals surface area contributed by atoms with Gasteiger partial charge in [-0.15, -0.1) is 0 Å². The van der Waals surface area contributed by atoms with Gasteiger partial charge in [-0.05, 0) is 6.92 Å². The molecular formula is C12H16N4O4. The average molecular weight is 280 g/mol. The number of esters is 1. The quantitative estimate of drug-likeness (QED) is 0.705. The third-order valence-electron chi connectivity index (χ3n) is 2.40. The van der Waals surface area contributed by atoms with Crippen molar-refractivity contribution in [3.63, 3.8) is 0 Å². The van der Waals surface area contributed by atoms with Crippen LogP contribution in [0.25, 0.3) is 0 Å². The summed E-state index contributed by atoms with van der Waals surface area (Å²) in [7, 11) is 2.91. The Hall–Kier alpha value is -2.51. The predicted molar refractivity (Wildman–Crippen MR) is 68.8 cm³/mol. The van der Waals surface area contributed by atoms with Crippen molar-refractivity contribution in [3.05, 3.63) is 23.8 Å². The lowest BCUT2D eigenvalue weighted by Gasteiger charge is -2.15. The summed E-state index contributed by atoms with van der Waals surface area (Å²) >= 11 is 0. The maximum atomic E-state index is 11.6. The molecule has 1 heterocycles. The lowest BCUT2D eigenvalue weighted by Crippen LogP contribution is -2.39. The molecule has 0 aliphatic carbocycles. The molecule has 1 aromatic heterocycles. The Balaban J connectivity index is 2.46. The number of carbonyl (C=O) groups is 3. The van der Waals surface area contributed by atoms with Gasteiger partial charge < -0.3 is 15.0 Å². The zero-order valence-corrected chi connectivity index (χ0v) is 11.5. The third-order valence-corrected chi connectivity index (χ3v) is 2.40. The lowest BCUT2D eigenvalue weighted by atomic mass is 10.4. The molecule has 0 bridgehead atoms. The molecule has 1 rings (SSSR count). The van der Waals surface area contributed by atoms with Crippen LogP contribution >= 0.6 is 0 Å². The van der Waals surface area contributed by atoms with Crippen LogP contribution in [0.3, 0.4) is 0 Å². The standard InChI is InChI=1S/C12H16N4O4/c1-8-4-15-9(5-14-8)12(19)20-7-11(18)16(3)6-10(17)13-2/h4-5H,6-7H2,1-3H3,(H,13,17). The molecule has 0 saturated heterocycles. The maximum Gasteiger partial charge on any atom is 0.359 e. The molecule has 2 amide bonds. The Morgan fingerprint density at radius 3 is 2.55 bits per heavy atom. The first-order chi connectivity index (χ1) is 9.43. The van der Waals surface area contributed by atoms with E-state index in [2.05, 4.69) is 15.3 Å². The summed E-state index contributed by atoms with van der Waals surface area (Å²) in [6.45, 7) is 1.18. The number of carbonyl (C=O) groups excluding carboxylic acids is 3. The van der Waals surface area contributed by atoms with Crippen LogP contribution in [0.15, 0.2) is 12.4 Å². The number of rotatable bonds is 5. The van der Waals surface area contributed by atoms with Gasteiger partial charge in [-0.1, -0.05) is 0 Å². The minimum atomic E-state index is -0.737. The number of nitrogens with one attached hydrogen (secondary N) is 1. The van der Waals surface area contributed by atoms with Crippen LogP contribution in [-0.4, -0.2) is 59.9 Å². The van der Waals surface area contributed by atoms with E-state index in [0.29, 0.717) is 5.69 Å². The Morgan fingerprint density at radius 1 is 1.30 bits per heavy atom. The van der Waals surface area contributed by atoms with E-state index in [-0.39, 0.29) is 18.1 Å². The van der Waals surface area contributed by atoms with Crippen LogP contribution in [0, 0.1) is 6.92 Å². The predicted octanol–water partition coefficient (Wildman–Crippen LogP) is -0.854. The monoisotopic (exact) mass is 280 g/mol. The minimum Gasteiger partial charge on any atom is -0.451 e. The molecule has 0 aliphatic heterocycles. The second-order valence-corrected chi connectivity index (χ2v) is 4.04. The first kappa shape index (κ1) is 15.5. The summed E-state index contributed by atoms with van der Waals surface area (Å²) in [6.07, 6.45) is 2.70. The topological polar surface area (TPSA) is 101 Å². The van der Waals surface area contributed by atoms with E-state index in [4.69, 9.17) is 4.74 Å². The van der Waals surface area contributed by atoms with Gasteiger partial charge in [0.15, 0.2) is 12.3 Å². The molecule has 8 nitrogen and oxygen atoms in total. The molecule has 0 radical (unpaired) electrons. The Labute approximate surface area is 116 Å². The number of aryl methyl sites for hydroxylation is 1. The molecule has 0 unspecified atom stereocenters. The molecule has 8 heteroatoms. The van der Waals surface area contributed by atoms with E-state index in [1.165, 1.54) is 26.5 Å². The summed E-state index contributed by atoms with van der Waals surface area (Å²) in [5, 5.41) is 2.39. The Bertz CT molecular complexity index is 501. The highest BCUT2D eigenvalue weighted by molar-refractivity contribution is 5.90. The van der Waals surface area contributed by atoms with Crippen LogP contribution < -0.4 is 5.32 Å². The highest BCUT2D eigenvalue weighted by atomic mass is 16.5. The van der Waals surface area contributed by atoms with Crippen LogP contribution in [0.2, 0.25) is 0 Å². The number of hydrogen-bond acceptors (Lipinski definition) is 6. The fourth-order valence-corrected chi connectivity index (χ4v) is 1.19. The molecule has 0 saturated carbocycles. The van der Waals surface area contributed by atoms with Gasteiger partial charge >= 0.3 is 5.97 Å². The average Bonchev–Trinajstić information content (AvgIpc) is 2.44. The van der Waals surface area contributed by atoms with Gasteiger partial charge in [0.25, 0.3) is 5.91 Å². The molecule has 1 aromatic rings. The smallest absolute Gasteiger partial charge is 0.359 e. The Kier molecular flexibility index (Phi) is 5.57. The van der Waals surface area contributed by atoms with Gasteiger partial charge in [-0.25, -0.2) is 9.78 Å². The van der Waals surface area contributed by atoms with Crippen molar-refractivity contribution in [1.82, 2.24) is 20.2 Å². The van der Waals surface area contributed by atoms with Gasteiger partial charge in [-0.3, -0.25) is 14.6 Å². The van der Waals surface area contributed by atoms with Crippen LogP contribution in [0.5, 0.6) is 0 Å². The van der Waals surface area contributed by atoms with Crippen molar-refractivity contribution in [2.45, 2.75) is 6.92 Å². The molecule has 0 spiro atoms. The molecule has 108 valence electrons. The van der Waals surface area contributed by atoms with Crippen molar-refractivity contribution in [1.29, 1.82) is 0 Å². The third kappa shape index (κ3) is 4.63. The van der Waals surface area contributed by atoms with E-state index in [9.17, 15) is 14.4 Å². The summed E-state index contributed by atoms with van der Waals surface area (Å²) in [6, 6.07) is 0. The van der Waals surface area contributed by atoms with Crippen molar-refractivity contribution < 1.29 is 19.1 Å². The molecule has 20 heavy (non-hydrogen) atoms. The van der Waals surface area contributed by atoms with E-state index in [1.807, 2.05) is 0 Å². The van der Waals surface area contributed by atoms with Crippen molar-refractivity contribution in [2.24, 2.45) is 0 Å². The Morgan fingerprint density at radius 2 is 2.00 bits per heavy atom. The molecular weight excluding hydrogens is 264 g/mol. The maximum absolute atomic E-state index is 11.6. The second-order valence-electron chi connectivity index (χ2n) is 4.04. The number of likely N-dealkylation sites (N-methyl/N-ethyl adjacent to an activating group) is 2. The zero-order chi connectivity index (χ0) is 15.1. The number of ether oxygens (including phenoxy) is 1. The van der Waals surface area contributed by atoms with Gasteiger partial charge in [0.05, 0.1) is 18.4 Å². The largest absolute Gasteiger partial charge is 0.451 e. The lowest BCUT2D eigenvalue weighted by molar-refractivity contribution is -0.137. The number of aromatic nitrogens is 2. The van der Waals surface area contributed by atoms with Crippen molar-refractivity contribution in [2.75, 3.05) is 27.2 Å². The van der Waals surface area contributed by atoms with E-state index in [1.54, 1.807) is 6.92 Å². The minimum absolute atomic E-state index is 0.0253. The zero-order valence-electron chi connectivity index (χ0n) is 11.5. The second kappa shape index (κ2) is 7.17. The number of nitrogens with zero attached hydrogens (tertiary/aromatic N) is 3. The molecule has 1 N–H and O–H groups in total. The molecule has 0 fully saturated rings. The number of amides is 2. The fraction of sp³-hybridized carbons (Fsp3) is 0.417. The number of hydrogen-bond donors (Lipinski definition) is 1. The first-order valence-corrected chi connectivity index (χ1v) is 5.84. The van der Waals surface area contributed by atoms with Crippen molar-refractivity contribution in [3.8, 4) is 0 Å². The van der Waals surface area contributed by atoms with Gasteiger partial charge in [-0.2, -0.15) is 0 Å². The summed E-state index contributed by atoms with van der Waals surface area (Å²) < 4.78 is 4.80. The van der Waals surface area contributed by atoms with E-state index >= 15 is 0 Å². The molecule has 0 atom stereocenters. The summed E-state index contributed by atoms with van der Waals surface area (Å²) in [5.41, 5.74) is 0.695.